The second-order valence-electron chi connectivity index (χ2n) is 18.0. The zero-order valence-electron chi connectivity index (χ0n) is 35.4. The summed E-state index contributed by atoms with van der Waals surface area (Å²) in [7, 11) is 0. The molecule has 9 aromatic carbocycles. The summed E-state index contributed by atoms with van der Waals surface area (Å²) in [5.74, 6) is 0. The van der Waals surface area contributed by atoms with Crippen molar-refractivity contribution in [2.24, 2.45) is 0 Å². The standard InChI is InChI=1S/C60H45NS/c1-59(2)50-28-11-6-21-47(50)56-44(24-16-29-51(56)59)42-19-7-12-30-52(42)61(39-36-34-38(35-37-39)40-23-17-33-55-57(40)48-22-9-14-32-54(48)62-55)53-31-13-8-20-43(53)46-26-15-25-45-41-18-5-10-27-49(41)60(3,4)58(45)46/h5-37H,1-4H3. The van der Waals surface area contributed by atoms with Crippen LogP contribution in [0.5, 0.6) is 0 Å². The predicted molar refractivity (Wildman–Crippen MR) is 265 cm³/mol. The van der Waals surface area contributed by atoms with Crippen LogP contribution < -0.4 is 4.90 Å². The monoisotopic (exact) mass is 811 g/mol. The minimum atomic E-state index is -0.169. The van der Waals surface area contributed by atoms with Crippen LogP contribution >= 0.6 is 11.3 Å². The smallest absolute Gasteiger partial charge is 0.0540 e. The van der Waals surface area contributed by atoms with Crippen molar-refractivity contribution < 1.29 is 0 Å². The Bertz CT molecular complexity index is 3420. The van der Waals surface area contributed by atoms with E-state index in [2.05, 4.69) is 233 Å². The number of nitrogens with zero attached hydrogens (tertiary/aromatic N) is 1. The molecule has 0 N–H and O–H groups in total. The lowest BCUT2D eigenvalue weighted by molar-refractivity contribution is 0.660. The molecule has 296 valence electrons. The molecule has 0 atom stereocenters. The van der Waals surface area contributed by atoms with Gasteiger partial charge in [0.25, 0.3) is 0 Å². The molecular weight excluding hydrogens is 767 g/mol. The molecule has 2 aliphatic rings. The summed E-state index contributed by atoms with van der Waals surface area (Å²) >= 11 is 1.87. The van der Waals surface area contributed by atoms with E-state index in [-0.39, 0.29) is 10.8 Å². The van der Waals surface area contributed by atoms with Gasteiger partial charge >= 0.3 is 0 Å². The van der Waals surface area contributed by atoms with Gasteiger partial charge in [-0.3, -0.25) is 0 Å². The van der Waals surface area contributed by atoms with Crippen molar-refractivity contribution in [2.75, 3.05) is 4.90 Å². The lowest BCUT2D eigenvalue weighted by atomic mass is 9.78. The van der Waals surface area contributed by atoms with Crippen molar-refractivity contribution >= 4 is 48.6 Å². The van der Waals surface area contributed by atoms with Crippen LogP contribution in [0.4, 0.5) is 17.1 Å². The molecular formula is C60H45NS. The molecule has 2 heteroatoms. The minimum Gasteiger partial charge on any atom is -0.309 e. The molecule has 62 heavy (non-hydrogen) atoms. The molecule has 0 bridgehead atoms. The van der Waals surface area contributed by atoms with Gasteiger partial charge in [-0.2, -0.15) is 0 Å². The van der Waals surface area contributed by atoms with Crippen LogP contribution in [0.25, 0.3) is 75.8 Å². The van der Waals surface area contributed by atoms with Gasteiger partial charge in [-0.05, 0) is 103 Å². The Labute approximate surface area is 368 Å². The first kappa shape index (κ1) is 36.8. The van der Waals surface area contributed by atoms with Crippen molar-refractivity contribution in [1.29, 1.82) is 0 Å². The van der Waals surface area contributed by atoms with Crippen molar-refractivity contribution in [2.45, 2.75) is 38.5 Å². The lowest BCUT2D eigenvalue weighted by Crippen LogP contribution is -2.17. The first-order valence-corrected chi connectivity index (χ1v) is 22.6. The van der Waals surface area contributed by atoms with Crippen molar-refractivity contribution in [3.8, 4) is 55.6 Å². The Morgan fingerprint density at radius 2 is 0.839 bits per heavy atom. The molecule has 0 fully saturated rings. The second kappa shape index (κ2) is 13.8. The third-order valence-corrected chi connectivity index (χ3v) is 15.0. The molecule has 0 saturated carbocycles. The molecule has 2 aliphatic carbocycles. The Balaban J connectivity index is 1.09. The van der Waals surface area contributed by atoms with Crippen molar-refractivity contribution in [3.05, 3.63) is 222 Å². The van der Waals surface area contributed by atoms with E-state index in [0.29, 0.717) is 0 Å². The number of fused-ring (bicyclic) bond motifs is 9. The van der Waals surface area contributed by atoms with E-state index in [1.165, 1.54) is 98.1 Å². The highest BCUT2D eigenvalue weighted by Crippen LogP contribution is 2.56. The number of thiophene rings is 1. The van der Waals surface area contributed by atoms with Crippen LogP contribution in [-0.2, 0) is 10.8 Å². The van der Waals surface area contributed by atoms with Gasteiger partial charge in [0, 0.05) is 47.8 Å². The quantitative estimate of drug-likeness (QED) is 0.162. The molecule has 1 heterocycles. The zero-order valence-corrected chi connectivity index (χ0v) is 36.2. The highest BCUT2D eigenvalue weighted by molar-refractivity contribution is 7.25. The molecule has 0 unspecified atom stereocenters. The molecule has 0 radical (unpaired) electrons. The molecule has 10 aromatic rings. The summed E-state index contributed by atoms with van der Waals surface area (Å²) in [5, 5.41) is 2.65. The van der Waals surface area contributed by atoms with Crippen LogP contribution in [0.1, 0.15) is 49.9 Å². The van der Waals surface area contributed by atoms with E-state index in [1.807, 2.05) is 11.3 Å². The number of anilines is 3. The highest BCUT2D eigenvalue weighted by atomic mass is 32.1. The Morgan fingerprint density at radius 1 is 0.355 bits per heavy atom. The third-order valence-electron chi connectivity index (χ3n) is 13.9. The molecule has 0 amide bonds. The summed E-state index contributed by atoms with van der Waals surface area (Å²) in [6, 6.07) is 74.8. The number of rotatable bonds is 6. The third kappa shape index (κ3) is 5.33. The van der Waals surface area contributed by atoms with E-state index in [9.17, 15) is 0 Å². The van der Waals surface area contributed by atoms with Gasteiger partial charge in [-0.1, -0.05) is 191 Å². The minimum absolute atomic E-state index is 0.103. The van der Waals surface area contributed by atoms with E-state index < -0.39 is 0 Å². The maximum Gasteiger partial charge on any atom is 0.0540 e. The van der Waals surface area contributed by atoms with Gasteiger partial charge in [0.1, 0.15) is 0 Å². The fraction of sp³-hybridized carbons (Fsp3) is 0.100. The first-order valence-electron chi connectivity index (χ1n) is 21.8. The fourth-order valence-corrected chi connectivity index (χ4v) is 12.2. The average Bonchev–Trinajstić information content (AvgIpc) is 3.90. The van der Waals surface area contributed by atoms with Crippen LogP contribution in [-0.4, -0.2) is 0 Å². The van der Waals surface area contributed by atoms with Crippen LogP contribution in [0.15, 0.2) is 200 Å². The van der Waals surface area contributed by atoms with E-state index in [1.54, 1.807) is 0 Å². The van der Waals surface area contributed by atoms with Crippen LogP contribution in [0.2, 0.25) is 0 Å². The second-order valence-corrected chi connectivity index (χ2v) is 19.1. The van der Waals surface area contributed by atoms with Gasteiger partial charge in [0.2, 0.25) is 0 Å². The van der Waals surface area contributed by atoms with Crippen molar-refractivity contribution in [3.63, 3.8) is 0 Å². The zero-order chi connectivity index (χ0) is 41.7. The molecule has 1 aromatic heterocycles. The first-order chi connectivity index (χ1) is 30.3. The summed E-state index contributed by atoms with van der Waals surface area (Å²) in [6.45, 7) is 9.52. The summed E-state index contributed by atoms with van der Waals surface area (Å²) in [4.78, 5) is 2.52. The van der Waals surface area contributed by atoms with Gasteiger partial charge in [-0.15, -0.1) is 11.3 Å². The van der Waals surface area contributed by atoms with E-state index in [4.69, 9.17) is 0 Å². The van der Waals surface area contributed by atoms with Crippen LogP contribution in [0, 0.1) is 0 Å². The summed E-state index contributed by atoms with van der Waals surface area (Å²) in [5.41, 5.74) is 21.4. The summed E-state index contributed by atoms with van der Waals surface area (Å²) in [6.07, 6.45) is 0. The summed E-state index contributed by atoms with van der Waals surface area (Å²) < 4.78 is 2.64. The number of hydrogen-bond acceptors (Lipinski definition) is 2. The van der Waals surface area contributed by atoms with Crippen LogP contribution in [0.3, 0.4) is 0 Å². The largest absolute Gasteiger partial charge is 0.309 e. The number of hydrogen-bond donors (Lipinski definition) is 0. The van der Waals surface area contributed by atoms with Crippen molar-refractivity contribution in [1.82, 2.24) is 0 Å². The molecule has 0 aliphatic heterocycles. The highest BCUT2D eigenvalue weighted by Gasteiger charge is 2.39. The topological polar surface area (TPSA) is 3.24 Å². The molecule has 1 nitrogen and oxygen atoms in total. The van der Waals surface area contributed by atoms with E-state index >= 15 is 0 Å². The SMILES string of the molecule is CC1(C)c2ccccc2-c2c(-c3ccccc3N(c3ccc(-c4cccc5sc6ccccc6c45)cc3)c3ccccc3-c3cccc4c3C(C)(C)c3ccccc3-4)cccc21. The number of para-hydroxylation sites is 2. The van der Waals surface area contributed by atoms with Gasteiger partial charge in [0.15, 0.2) is 0 Å². The maximum atomic E-state index is 2.52. The lowest BCUT2D eigenvalue weighted by Gasteiger charge is -2.32. The van der Waals surface area contributed by atoms with Gasteiger partial charge in [-0.25, -0.2) is 0 Å². The predicted octanol–water partition coefficient (Wildman–Crippen LogP) is 17.1. The molecule has 0 saturated heterocycles. The number of benzene rings is 9. The maximum absolute atomic E-state index is 2.52. The van der Waals surface area contributed by atoms with Gasteiger partial charge in [0.05, 0.1) is 11.4 Å². The Kier molecular flexibility index (Phi) is 8.17. The molecule has 0 spiro atoms. The normalized spacial score (nSPS) is 14.1. The Hall–Kier alpha value is -7.00. The fourth-order valence-electron chi connectivity index (χ4n) is 11.1. The Morgan fingerprint density at radius 3 is 1.58 bits per heavy atom. The molecule has 12 rings (SSSR count). The average molecular weight is 812 g/mol. The van der Waals surface area contributed by atoms with E-state index in [0.717, 1.165) is 17.1 Å². The van der Waals surface area contributed by atoms with Gasteiger partial charge < -0.3 is 4.90 Å².